The number of carbonyl (C=O) groups is 2. The van der Waals surface area contributed by atoms with Gasteiger partial charge in [-0.05, 0) is 0 Å². The van der Waals surface area contributed by atoms with Crippen molar-refractivity contribution in [3.05, 3.63) is 0 Å². The molecule has 0 aromatic rings. The molecule has 1 aliphatic heterocycles. The highest BCUT2D eigenvalue weighted by Gasteiger charge is 2.42. The van der Waals surface area contributed by atoms with Crippen LogP contribution in [0.5, 0.6) is 0 Å². The first-order valence-corrected chi connectivity index (χ1v) is 4.52. The minimum absolute atomic E-state index is 0.475. The normalized spacial score (nSPS) is 35.9. The highest BCUT2D eigenvalue weighted by molar-refractivity contribution is 5.88. The summed E-state index contributed by atoms with van der Waals surface area (Å²) in [6, 6.07) is -2.09. The fourth-order valence-corrected chi connectivity index (χ4v) is 1.47. The van der Waals surface area contributed by atoms with Crippen LogP contribution in [0.4, 0.5) is 0 Å². The van der Waals surface area contributed by atoms with E-state index < -0.39 is 42.7 Å². The second-order valence-electron chi connectivity index (χ2n) is 3.46. The maximum absolute atomic E-state index is 11.3. The molecule has 2 amide bonds. The van der Waals surface area contributed by atoms with Crippen LogP contribution in [-0.4, -0.2) is 58.0 Å². The zero-order chi connectivity index (χ0) is 11.6. The van der Waals surface area contributed by atoms with Crippen molar-refractivity contribution < 1.29 is 24.9 Å². The summed E-state index contributed by atoms with van der Waals surface area (Å²) >= 11 is 0. The predicted molar refractivity (Wildman–Crippen MR) is 48.6 cm³/mol. The Balaban J connectivity index is 2.74. The molecule has 0 saturated carbocycles. The van der Waals surface area contributed by atoms with Crippen LogP contribution < -0.4 is 10.6 Å². The molecule has 0 spiro atoms. The van der Waals surface area contributed by atoms with E-state index >= 15 is 0 Å². The number of amides is 2. The fourth-order valence-electron chi connectivity index (χ4n) is 1.47. The summed E-state index contributed by atoms with van der Waals surface area (Å²) in [6.07, 6.45) is -2.72. The summed E-state index contributed by atoms with van der Waals surface area (Å²) in [7, 11) is 0. The first-order chi connectivity index (χ1) is 6.97. The van der Waals surface area contributed by atoms with E-state index in [1.54, 1.807) is 0 Å². The van der Waals surface area contributed by atoms with E-state index in [0.717, 1.165) is 0 Å². The van der Waals surface area contributed by atoms with Crippen molar-refractivity contribution in [2.45, 2.75) is 31.2 Å². The first-order valence-electron chi connectivity index (χ1n) is 4.52. The molecule has 4 atom stereocenters. The van der Waals surface area contributed by atoms with Crippen molar-refractivity contribution in [1.82, 2.24) is 10.6 Å². The Labute approximate surface area is 86.1 Å². The summed E-state index contributed by atoms with van der Waals surface area (Å²) in [6.45, 7) is 0.723. The number of aliphatic hydroxyl groups excluding tert-OH is 3. The average Bonchev–Trinajstić information content (AvgIpc) is 2.18. The van der Waals surface area contributed by atoms with Crippen LogP contribution in [0.15, 0.2) is 0 Å². The van der Waals surface area contributed by atoms with Gasteiger partial charge >= 0.3 is 0 Å². The van der Waals surface area contributed by atoms with Gasteiger partial charge in [0.25, 0.3) is 0 Å². The molecule has 4 unspecified atom stereocenters. The standard InChI is InChI=1S/C8H14N2O5/c1-3(12)9-5-7(14)6(13)4(2-11)10-8(5)15/h4-7,11,13-14H,2H2,1H3,(H,9,12)(H,10,15). The maximum atomic E-state index is 11.3. The summed E-state index contributed by atoms with van der Waals surface area (Å²) in [5.74, 6) is -1.11. The SMILES string of the molecule is CC(=O)NC1C(=O)NC(CO)C(O)C1O. The van der Waals surface area contributed by atoms with Crippen LogP contribution in [0.2, 0.25) is 0 Å². The summed E-state index contributed by atoms with van der Waals surface area (Å²) < 4.78 is 0. The highest BCUT2D eigenvalue weighted by atomic mass is 16.3. The molecule has 0 bridgehead atoms. The van der Waals surface area contributed by atoms with Crippen molar-refractivity contribution >= 4 is 11.8 Å². The Hall–Kier alpha value is -1.18. The number of hydrogen-bond acceptors (Lipinski definition) is 5. The molecular weight excluding hydrogens is 204 g/mol. The number of aliphatic hydroxyl groups is 3. The fraction of sp³-hybridized carbons (Fsp3) is 0.750. The van der Waals surface area contributed by atoms with E-state index in [4.69, 9.17) is 5.11 Å². The van der Waals surface area contributed by atoms with Crippen LogP contribution in [-0.2, 0) is 9.59 Å². The number of rotatable bonds is 2. The zero-order valence-corrected chi connectivity index (χ0v) is 8.17. The summed E-state index contributed by atoms with van der Waals surface area (Å²) in [5.41, 5.74) is 0. The molecule has 1 rings (SSSR count). The Bertz CT molecular complexity index is 270. The molecule has 0 aromatic heterocycles. The molecule has 7 nitrogen and oxygen atoms in total. The predicted octanol–water partition coefficient (Wildman–Crippen LogP) is -3.30. The number of piperidine rings is 1. The molecule has 0 radical (unpaired) electrons. The van der Waals surface area contributed by atoms with Gasteiger partial charge in [0.15, 0.2) is 0 Å². The largest absolute Gasteiger partial charge is 0.394 e. The van der Waals surface area contributed by atoms with Crippen LogP contribution in [0.3, 0.4) is 0 Å². The lowest BCUT2D eigenvalue weighted by molar-refractivity contribution is -0.143. The highest BCUT2D eigenvalue weighted by Crippen LogP contribution is 2.11. The minimum Gasteiger partial charge on any atom is -0.394 e. The maximum Gasteiger partial charge on any atom is 0.245 e. The molecule has 1 saturated heterocycles. The minimum atomic E-state index is -1.42. The molecule has 1 fully saturated rings. The van der Waals surface area contributed by atoms with Gasteiger partial charge in [-0.1, -0.05) is 0 Å². The van der Waals surface area contributed by atoms with Gasteiger partial charge in [0, 0.05) is 6.92 Å². The lowest BCUT2D eigenvalue weighted by Crippen LogP contribution is -2.68. The van der Waals surface area contributed by atoms with Gasteiger partial charge in [-0.15, -0.1) is 0 Å². The summed E-state index contributed by atoms with van der Waals surface area (Å²) in [4.78, 5) is 22.1. The van der Waals surface area contributed by atoms with E-state index in [1.807, 2.05) is 0 Å². The van der Waals surface area contributed by atoms with Gasteiger partial charge in [-0.2, -0.15) is 0 Å². The van der Waals surface area contributed by atoms with Gasteiger partial charge in [0.05, 0.1) is 12.6 Å². The lowest BCUT2D eigenvalue weighted by atomic mass is 9.94. The molecule has 0 aromatic carbocycles. The molecule has 86 valence electrons. The van der Waals surface area contributed by atoms with E-state index in [9.17, 15) is 19.8 Å². The Morgan fingerprint density at radius 1 is 1.47 bits per heavy atom. The topological polar surface area (TPSA) is 119 Å². The van der Waals surface area contributed by atoms with Crippen molar-refractivity contribution in [2.75, 3.05) is 6.61 Å². The smallest absolute Gasteiger partial charge is 0.245 e. The molecule has 15 heavy (non-hydrogen) atoms. The Morgan fingerprint density at radius 3 is 2.53 bits per heavy atom. The lowest BCUT2D eigenvalue weighted by Gasteiger charge is -2.36. The number of hydrogen-bond donors (Lipinski definition) is 5. The van der Waals surface area contributed by atoms with Gasteiger partial charge in [-0.25, -0.2) is 0 Å². The van der Waals surface area contributed by atoms with Crippen LogP contribution >= 0.6 is 0 Å². The van der Waals surface area contributed by atoms with E-state index in [-0.39, 0.29) is 0 Å². The van der Waals surface area contributed by atoms with Gasteiger partial charge in [-0.3, -0.25) is 9.59 Å². The molecule has 0 aliphatic carbocycles. The van der Waals surface area contributed by atoms with E-state index in [0.29, 0.717) is 0 Å². The summed E-state index contributed by atoms with van der Waals surface area (Å²) in [5, 5.41) is 32.3. The van der Waals surface area contributed by atoms with Crippen molar-refractivity contribution in [3.8, 4) is 0 Å². The molecule has 1 aliphatic rings. The van der Waals surface area contributed by atoms with Crippen LogP contribution in [0.25, 0.3) is 0 Å². The van der Waals surface area contributed by atoms with E-state index in [1.165, 1.54) is 6.92 Å². The Morgan fingerprint density at radius 2 is 2.07 bits per heavy atom. The number of nitrogens with one attached hydrogen (secondary N) is 2. The van der Waals surface area contributed by atoms with Crippen molar-refractivity contribution in [1.29, 1.82) is 0 Å². The molecule has 7 heteroatoms. The van der Waals surface area contributed by atoms with Crippen molar-refractivity contribution in [3.63, 3.8) is 0 Å². The van der Waals surface area contributed by atoms with E-state index in [2.05, 4.69) is 10.6 Å². The van der Waals surface area contributed by atoms with Gasteiger partial charge in [0.2, 0.25) is 11.8 Å². The molecular formula is C8H14N2O5. The molecule has 1 heterocycles. The third kappa shape index (κ3) is 2.44. The average molecular weight is 218 g/mol. The van der Waals surface area contributed by atoms with Crippen LogP contribution in [0.1, 0.15) is 6.92 Å². The Kier molecular flexibility index (Phi) is 3.61. The second-order valence-corrected chi connectivity index (χ2v) is 3.46. The zero-order valence-electron chi connectivity index (χ0n) is 8.17. The first kappa shape index (κ1) is 11.9. The van der Waals surface area contributed by atoms with Gasteiger partial charge in [0.1, 0.15) is 18.2 Å². The van der Waals surface area contributed by atoms with Gasteiger partial charge < -0.3 is 26.0 Å². The second kappa shape index (κ2) is 4.56. The molecule has 5 N–H and O–H groups in total. The number of carbonyl (C=O) groups excluding carboxylic acids is 2. The van der Waals surface area contributed by atoms with Crippen molar-refractivity contribution in [2.24, 2.45) is 0 Å². The monoisotopic (exact) mass is 218 g/mol. The van der Waals surface area contributed by atoms with Crippen LogP contribution in [0, 0.1) is 0 Å². The third-order valence-corrected chi connectivity index (χ3v) is 2.27. The third-order valence-electron chi connectivity index (χ3n) is 2.27. The quantitative estimate of drug-likeness (QED) is 0.333.